The number of esters is 1. The minimum atomic E-state index is -0.414. The SMILES string of the molecule is COC(=O)[C@H]1C[C@@H](O)[C@@H](N2CCC(c3nc(C)cs3)CC2)C1. The van der Waals surface area contributed by atoms with Gasteiger partial charge in [0.1, 0.15) is 0 Å². The standard InChI is InChI=1S/C16H24N2O3S/c1-10-9-22-15(17-10)11-3-5-18(6-4-11)13-7-12(8-14(13)19)16(20)21-2/h9,11-14,19H,3-8H2,1-2H3/t12-,13+,14-/m1/s1. The molecule has 2 aliphatic rings. The topological polar surface area (TPSA) is 62.7 Å². The molecule has 1 N–H and O–H groups in total. The molecule has 1 aromatic rings. The van der Waals surface area contributed by atoms with Crippen molar-refractivity contribution >= 4 is 17.3 Å². The van der Waals surface area contributed by atoms with E-state index in [4.69, 9.17) is 4.74 Å². The van der Waals surface area contributed by atoms with Crippen LogP contribution in [0.4, 0.5) is 0 Å². The Kier molecular flexibility index (Phi) is 4.80. The van der Waals surface area contributed by atoms with E-state index in [2.05, 4.69) is 15.3 Å². The third-order valence-electron chi connectivity index (χ3n) is 5.02. The Morgan fingerprint density at radius 1 is 1.41 bits per heavy atom. The van der Waals surface area contributed by atoms with E-state index in [9.17, 15) is 9.90 Å². The van der Waals surface area contributed by atoms with Crippen LogP contribution in [-0.2, 0) is 9.53 Å². The fourth-order valence-corrected chi connectivity index (χ4v) is 4.75. The van der Waals surface area contributed by atoms with E-state index < -0.39 is 6.10 Å². The minimum Gasteiger partial charge on any atom is -0.469 e. The van der Waals surface area contributed by atoms with Crippen LogP contribution in [0.5, 0.6) is 0 Å². The van der Waals surface area contributed by atoms with E-state index in [1.807, 2.05) is 6.92 Å². The zero-order chi connectivity index (χ0) is 15.7. The fourth-order valence-electron chi connectivity index (χ4n) is 3.78. The first kappa shape index (κ1) is 15.9. The van der Waals surface area contributed by atoms with Crippen LogP contribution >= 0.6 is 11.3 Å². The molecule has 5 nitrogen and oxygen atoms in total. The van der Waals surface area contributed by atoms with Crippen molar-refractivity contribution in [1.82, 2.24) is 9.88 Å². The van der Waals surface area contributed by atoms with Crippen LogP contribution < -0.4 is 0 Å². The number of methoxy groups -OCH3 is 1. The summed E-state index contributed by atoms with van der Waals surface area (Å²) in [6, 6.07) is 0.100. The summed E-state index contributed by atoms with van der Waals surface area (Å²) in [5.41, 5.74) is 1.11. The predicted octanol–water partition coefficient (Wildman–Crippen LogP) is 1.94. The normalized spacial score (nSPS) is 30.6. The van der Waals surface area contributed by atoms with Crippen molar-refractivity contribution in [1.29, 1.82) is 0 Å². The highest BCUT2D eigenvalue weighted by Crippen LogP contribution is 2.36. The molecule has 1 aliphatic heterocycles. The number of aryl methyl sites for hydroxylation is 1. The van der Waals surface area contributed by atoms with E-state index in [1.165, 1.54) is 12.1 Å². The molecule has 1 aromatic heterocycles. The van der Waals surface area contributed by atoms with Crippen LogP contribution in [0.1, 0.15) is 42.3 Å². The number of piperidine rings is 1. The number of thiazole rings is 1. The van der Waals surface area contributed by atoms with Gasteiger partial charge in [0.2, 0.25) is 0 Å². The molecule has 3 rings (SSSR count). The summed E-state index contributed by atoms with van der Waals surface area (Å²) in [4.78, 5) is 18.6. The number of aliphatic hydroxyl groups is 1. The number of hydrogen-bond donors (Lipinski definition) is 1. The fraction of sp³-hybridized carbons (Fsp3) is 0.750. The second kappa shape index (κ2) is 6.64. The summed E-state index contributed by atoms with van der Waals surface area (Å²) in [6.07, 6.45) is 3.00. The summed E-state index contributed by atoms with van der Waals surface area (Å²) in [6.45, 7) is 3.98. The molecule has 0 radical (unpaired) electrons. The van der Waals surface area contributed by atoms with E-state index in [-0.39, 0.29) is 17.9 Å². The predicted molar refractivity (Wildman–Crippen MR) is 84.9 cm³/mol. The van der Waals surface area contributed by atoms with Gasteiger partial charge in [-0.05, 0) is 45.7 Å². The van der Waals surface area contributed by atoms with Gasteiger partial charge in [0.15, 0.2) is 0 Å². The maximum Gasteiger partial charge on any atom is 0.308 e. The van der Waals surface area contributed by atoms with Crippen molar-refractivity contribution in [3.05, 3.63) is 16.1 Å². The number of nitrogens with zero attached hydrogens (tertiary/aromatic N) is 2. The summed E-state index contributed by atoms with van der Waals surface area (Å²) in [7, 11) is 1.42. The van der Waals surface area contributed by atoms with Gasteiger partial charge in [0, 0.05) is 23.0 Å². The average Bonchev–Trinajstić information content (AvgIpc) is 3.13. The van der Waals surface area contributed by atoms with Crippen molar-refractivity contribution < 1.29 is 14.6 Å². The number of aliphatic hydroxyl groups excluding tert-OH is 1. The zero-order valence-electron chi connectivity index (χ0n) is 13.2. The molecule has 0 unspecified atom stereocenters. The van der Waals surface area contributed by atoms with Crippen LogP contribution in [0.15, 0.2) is 5.38 Å². The summed E-state index contributed by atoms with van der Waals surface area (Å²) >= 11 is 1.76. The second-order valence-corrected chi connectivity index (χ2v) is 7.35. The lowest BCUT2D eigenvalue weighted by atomic mass is 9.95. The van der Waals surface area contributed by atoms with Crippen LogP contribution in [-0.4, -0.2) is 53.3 Å². The number of rotatable bonds is 3. The van der Waals surface area contributed by atoms with Crippen LogP contribution in [0.2, 0.25) is 0 Å². The molecular formula is C16H24N2O3S. The maximum atomic E-state index is 11.7. The van der Waals surface area contributed by atoms with Gasteiger partial charge < -0.3 is 9.84 Å². The monoisotopic (exact) mass is 324 g/mol. The number of aromatic nitrogens is 1. The highest BCUT2D eigenvalue weighted by Gasteiger charge is 2.41. The van der Waals surface area contributed by atoms with Crippen molar-refractivity contribution in [3.63, 3.8) is 0 Å². The molecule has 122 valence electrons. The van der Waals surface area contributed by atoms with Crippen LogP contribution in [0, 0.1) is 12.8 Å². The third-order valence-corrected chi connectivity index (χ3v) is 6.14. The number of ether oxygens (including phenoxy) is 1. The Morgan fingerprint density at radius 2 is 2.14 bits per heavy atom. The Hall–Kier alpha value is -0.980. The van der Waals surface area contributed by atoms with Crippen molar-refractivity contribution in [2.75, 3.05) is 20.2 Å². The van der Waals surface area contributed by atoms with E-state index in [0.717, 1.165) is 38.0 Å². The number of hydrogen-bond acceptors (Lipinski definition) is 6. The Labute approximate surface area is 135 Å². The van der Waals surface area contributed by atoms with Gasteiger partial charge in [0.05, 0.1) is 24.1 Å². The van der Waals surface area contributed by atoms with Crippen molar-refractivity contribution in [3.8, 4) is 0 Å². The number of carbonyl (C=O) groups is 1. The minimum absolute atomic E-state index is 0.100. The molecule has 0 bridgehead atoms. The quantitative estimate of drug-likeness (QED) is 0.861. The maximum absolute atomic E-state index is 11.7. The van der Waals surface area contributed by atoms with E-state index >= 15 is 0 Å². The Balaban J connectivity index is 1.56. The summed E-state index contributed by atoms with van der Waals surface area (Å²) < 4.78 is 4.82. The van der Waals surface area contributed by atoms with Gasteiger partial charge in [-0.1, -0.05) is 0 Å². The van der Waals surface area contributed by atoms with Gasteiger partial charge in [-0.25, -0.2) is 4.98 Å². The van der Waals surface area contributed by atoms with Gasteiger partial charge in [0.25, 0.3) is 0 Å². The molecule has 1 aliphatic carbocycles. The van der Waals surface area contributed by atoms with E-state index in [1.54, 1.807) is 11.3 Å². The van der Waals surface area contributed by atoms with Gasteiger partial charge in [-0.3, -0.25) is 9.69 Å². The van der Waals surface area contributed by atoms with E-state index in [0.29, 0.717) is 12.3 Å². The summed E-state index contributed by atoms with van der Waals surface area (Å²) in [5, 5.41) is 13.6. The first-order valence-electron chi connectivity index (χ1n) is 8.00. The molecule has 0 aromatic carbocycles. The molecule has 1 saturated heterocycles. The number of carbonyl (C=O) groups excluding carboxylic acids is 1. The molecule has 2 fully saturated rings. The lowest BCUT2D eigenvalue weighted by Gasteiger charge is -2.36. The largest absolute Gasteiger partial charge is 0.469 e. The third kappa shape index (κ3) is 3.19. The lowest BCUT2D eigenvalue weighted by molar-refractivity contribution is -0.145. The highest BCUT2D eigenvalue weighted by atomic mass is 32.1. The van der Waals surface area contributed by atoms with Gasteiger partial charge >= 0.3 is 5.97 Å². The zero-order valence-corrected chi connectivity index (χ0v) is 14.0. The van der Waals surface area contributed by atoms with Gasteiger partial charge in [-0.2, -0.15) is 0 Å². The molecule has 6 heteroatoms. The molecule has 0 spiro atoms. The van der Waals surface area contributed by atoms with Crippen molar-refractivity contribution in [2.24, 2.45) is 5.92 Å². The molecule has 1 saturated carbocycles. The van der Waals surface area contributed by atoms with Gasteiger partial charge in [-0.15, -0.1) is 11.3 Å². The average molecular weight is 324 g/mol. The van der Waals surface area contributed by atoms with Crippen molar-refractivity contribution in [2.45, 2.75) is 50.7 Å². The Bertz CT molecular complexity index is 525. The highest BCUT2D eigenvalue weighted by molar-refractivity contribution is 7.09. The molecular weight excluding hydrogens is 300 g/mol. The van der Waals surface area contributed by atoms with Crippen LogP contribution in [0.3, 0.4) is 0 Å². The second-order valence-electron chi connectivity index (χ2n) is 6.46. The smallest absolute Gasteiger partial charge is 0.308 e. The summed E-state index contributed by atoms with van der Waals surface area (Å²) in [5.74, 6) is 0.212. The first-order chi connectivity index (χ1) is 10.6. The number of likely N-dealkylation sites (tertiary alicyclic amines) is 1. The lowest BCUT2D eigenvalue weighted by Crippen LogP contribution is -2.44. The molecule has 2 heterocycles. The Morgan fingerprint density at radius 3 is 2.73 bits per heavy atom. The molecule has 0 amide bonds. The molecule has 22 heavy (non-hydrogen) atoms. The first-order valence-corrected chi connectivity index (χ1v) is 8.88. The molecule has 3 atom stereocenters. The van der Waals surface area contributed by atoms with Crippen LogP contribution in [0.25, 0.3) is 0 Å².